The van der Waals surface area contributed by atoms with E-state index in [0.717, 1.165) is 5.56 Å². The van der Waals surface area contributed by atoms with Crippen LogP contribution in [0.3, 0.4) is 0 Å². The Morgan fingerprint density at radius 2 is 1.84 bits per heavy atom. The van der Waals surface area contributed by atoms with E-state index in [1.807, 2.05) is 6.07 Å². The summed E-state index contributed by atoms with van der Waals surface area (Å²) in [6.45, 7) is -0.0378. The summed E-state index contributed by atoms with van der Waals surface area (Å²) in [6.07, 6.45) is 0. The van der Waals surface area contributed by atoms with Crippen molar-refractivity contribution in [1.29, 1.82) is 0 Å². The van der Waals surface area contributed by atoms with E-state index in [9.17, 15) is 14.0 Å². The number of ether oxygens (including phenoxy) is 3. The molecule has 1 aliphatic heterocycles. The van der Waals surface area contributed by atoms with Gasteiger partial charge in [0.25, 0.3) is 11.8 Å². The summed E-state index contributed by atoms with van der Waals surface area (Å²) >= 11 is 0. The molecular weight excluding hydrogens is 415 g/mol. The molecule has 0 saturated heterocycles. The largest absolute Gasteiger partial charge is 0.493 e. The molecule has 2 amide bonds. The number of methoxy groups -OCH3 is 1. The molecule has 1 aliphatic rings. The van der Waals surface area contributed by atoms with Crippen LogP contribution in [0.25, 0.3) is 0 Å². The Bertz CT molecular complexity index is 1130. The van der Waals surface area contributed by atoms with Crippen molar-refractivity contribution in [3.05, 3.63) is 78.1 Å². The van der Waals surface area contributed by atoms with E-state index in [4.69, 9.17) is 14.2 Å². The second-order valence-electron chi connectivity index (χ2n) is 7.07. The minimum atomic E-state index is -0.356. The first-order valence-electron chi connectivity index (χ1n) is 9.91. The number of amides is 2. The number of para-hydroxylation sites is 2. The standard InChI is InChI=1S/C24H21FN2O5/c1-30-20-4-2-3-5-21(20)31-14-23(28)26-18-10-11-19-22(12-18)32-15-24(29)27(19)13-16-6-8-17(25)9-7-16/h2-12H,13-15H2,1H3,(H,26,28). The molecule has 0 radical (unpaired) electrons. The number of carbonyl (C=O) groups excluding carboxylic acids is 2. The summed E-state index contributed by atoms with van der Waals surface area (Å²) in [7, 11) is 1.53. The Kier molecular flexibility index (Phi) is 6.21. The van der Waals surface area contributed by atoms with Crippen LogP contribution in [-0.4, -0.2) is 32.1 Å². The van der Waals surface area contributed by atoms with E-state index in [-0.39, 0.29) is 37.4 Å². The zero-order valence-electron chi connectivity index (χ0n) is 17.3. The first kappa shape index (κ1) is 21.2. The van der Waals surface area contributed by atoms with Crippen LogP contribution in [0.4, 0.5) is 15.8 Å². The summed E-state index contributed by atoms with van der Waals surface area (Å²) in [5.41, 5.74) is 1.88. The van der Waals surface area contributed by atoms with E-state index < -0.39 is 0 Å². The number of anilines is 2. The summed E-state index contributed by atoms with van der Waals surface area (Å²) in [5, 5.41) is 2.75. The maximum Gasteiger partial charge on any atom is 0.265 e. The number of nitrogens with one attached hydrogen (secondary N) is 1. The summed E-state index contributed by atoms with van der Waals surface area (Å²) in [5.74, 6) is 0.574. The highest BCUT2D eigenvalue weighted by Crippen LogP contribution is 2.35. The van der Waals surface area contributed by atoms with Crippen LogP contribution in [0.15, 0.2) is 66.7 Å². The fourth-order valence-corrected chi connectivity index (χ4v) is 3.31. The lowest BCUT2D eigenvalue weighted by Crippen LogP contribution is -2.38. The number of fused-ring (bicyclic) bond motifs is 1. The SMILES string of the molecule is COc1ccccc1OCC(=O)Nc1ccc2c(c1)OCC(=O)N2Cc1ccc(F)cc1. The van der Waals surface area contributed by atoms with Crippen LogP contribution in [0.5, 0.6) is 17.2 Å². The smallest absolute Gasteiger partial charge is 0.265 e. The fourth-order valence-electron chi connectivity index (χ4n) is 3.31. The molecule has 3 aromatic carbocycles. The maximum absolute atomic E-state index is 13.2. The predicted octanol–water partition coefficient (Wildman–Crippen LogP) is 3.78. The number of carbonyl (C=O) groups is 2. The molecule has 164 valence electrons. The van der Waals surface area contributed by atoms with Crippen molar-refractivity contribution >= 4 is 23.2 Å². The molecule has 32 heavy (non-hydrogen) atoms. The normalized spacial score (nSPS) is 12.6. The molecule has 0 aliphatic carbocycles. The van der Waals surface area contributed by atoms with Gasteiger partial charge in [0.05, 0.1) is 19.3 Å². The Morgan fingerprint density at radius 3 is 2.59 bits per heavy atom. The van der Waals surface area contributed by atoms with Gasteiger partial charge in [-0.1, -0.05) is 24.3 Å². The summed E-state index contributed by atoms with van der Waals surface area (Å²) < 4.78 is 29.5. The average molecular weight is 436 g/mol. The lowest BCUT2D eigenvalue weighted by atomic mass is 10.1. The van der Waals surface area contributed by atoms with Crippen molar-refractivity contribution < 1.29 is 28.2 Å². The zero-order chi connectivity index (χ0) is 22.5. The highest BCUT2D eigenvalue weighted by atomic mass is 19.1. The van der Waals surface area contributed by atoms with Crippen LogP contribution in [0.1, 0.15) is 5.56 Å². The minimum Gasteiger partial charge on any atom is -0.493 e. The number of rotatable bonds is 7. The zero-order valence-corrected chi connectivity index (χ0v) is 17.3. The molecule has 1 N–H and O–H groups in total. The van der Waals surface area contributed by atoms with E-state index in [1.54, 1.807) is 53.4 Å². The van der Waals surface area contributed by atoms with Crippen LogP contribution < -0.4 is 24.4 Å². The van der Waals surface area contributed by atoms with Gasteiger partial charge in [0, 0.05) is 11.8 Å². The molecule has 8 heteroatoms. The molecular formula is C24H21FN2O5. The van der Waals surface area contributed by atoms with Gasteiger partial charge in [-0.15, -0.1) is 0 Å². The van der Waals surface area contributed by atoms with Gasteiger partial charge >= 0.3 is 0 Å². The molecule has 0 atom stereocenters. The van der Waals surface area contributed by atoms with E-state index in [0.29, 0.717) is 28.6 Å². The monoisotopic (exact) mass is 436 g/mol. The molecule has 0 unspecified atom stereocenters. The van der Waals surface area contributed by atoms with Crippen molar-refractivity contribution in [2.24, 2.45) is 0 Å². The molecule has 0 saturated carbocycles. The van der Waals surface area contributed by atoms with Crippen LogP contribution in [-0.2, 0) is 16.1 Å². The quantitative estimate of drug-likeness (QED) is 0.610. The maximum atomic E-state index is 13.2. The van der Waals surface area contributed by atoms with Crippen molar-refractivity contribution in [2.75, 3.05) is 30.5 Å². The van der Waals surface area contributed by atoms with Crippen LogP contribution in [0, 0.1) is 5.82 Å². The van der Waals surface area contributed by atoms with Crippen LogP contribution in [0.2, 0.25) is 0 Å². The Labute approximate surface area is 184 Å². The van der Waals surface area contributed by atoms with Gasteiger partial charge < -0.3 is 24.4 Å². The number of hydrogen-bond donors (Lipinski definition) is 1. The average Bonchev–Trinajstić information content (AvgIpc) is 2.81. The van der Waals surface area contributed by atoms with Crippen molar-refractivity contribution in [1.82, 2.24) is 0 Å². The third kappa shape index (κ3) is 4.80. The highest BCUT2D eigenvalue weighted by molar-refractivity contribution is 5.99. The first-order chi connectivity index (χ1) is 15.5. The van der Waals surface area contributed by atoms with E-state index >= 15 is 0 Å². The lowest BCUT2D eigenvalue weighted by Gasteiger charge is -2.29. The Hall–Kier alpha value is -4.07. The number of hydrogen-bond acceptors (Lipinski definition) is 5. The molecule has 4 rings (SSSR count). The third-order valence-corrected chi connectivity index (χ3v) is 4.87. The van der Waals surface area contributed by atoms with E-state index in [1.165, 1.54) is 19.2 Å². The molecule has 0 fully saturated rings. The number of benzene rings is 3. The second kappa shape index (κ2) is 9.38. The summed E-state index contributed by atoms with van der Waals surface area (Å²) in [4.78, 5) is 26.3. The Morgan fingerprint density at radius 1 is 1.09 bits per heavy atom. The van der Waals surface area contributed by atoms with Crippen molar-refractivity contribution in [2.45, 2.75) is 6.54 Å². The third-order valence-electron chi connectivity index (χ3n) is 4.87. The molecule has 0 bridgehead atoms. The van der Waals surface area contributed by atoms with Gasteiger partial charge in [0.1, 0.15) is 11.6 Å². The molecule has 0 spiro atoms. The minimum absolute atomic E-state index is 0.123. The van der Waals surface area contributed by atoms with Gasteiger partial charge in [0.2, 0.25) is 0 Å². The molecule has 1 heterocycles. The second-order valence-corrected chi connectivity index (χ2v) is 7.07. The van der Waals surface area contributed by atoms with Gasteiger partial charge in [-0.25, -0.2) is 4.39 Å². The fraction of sp³-hybridized carbons (Fsp3) is 0.167. The molecule has 7 nitrogen and oxygen atoms in total. The van der Waals surface area contributed by atoms with Crippen molar-refractivity contribution in [3.63, 3.8) is 0 Å². The summed E-state index contributed by atoms with van der Waals surface area (Å²) in [6, 6.07) is 18.1. The van der Waals surface area contributed by atoms with Gasteiger partial charge in [-0.05, 0) is 42.0 Å². The van der Waals surface area contributed by atoms with Crippen LogP contribution >= 0.6 is 0 Å². The predicted molar refractivity (Wildman–Crippen MR) is 117 cm³/mol. The van der Waals surface area contributed by atoms with Gasteiger partial charge in [0.15, 0.2) is 24.7 Å². The number of halogens is 1. The Balaban J connectivity index is 1.43. The lowest BCUT2D eigenvalue weighted by molar-refractivity contribution is -0.121. The number of nitrogens with zero attached hydrogens (tertiary/aromatic N) is 1. The van der Waals surface area contributed by atoms with Gasteiger partial charge in [-0.3, -0.25) is 9.59 Å². The highest BCUT2D eigenvalue weighted by Gasteiger charge is 2.26. The first-order valence-corrected chi connectivity index (χ1v) is 9.91. The van der Waals surface area contributed by atoms with E-state index in [2.05, 4.69) is 5.32 Å². The topological polar surface area (TPSA) is 77.1 Å². The van der Waals surface area contributed by atoms with Gasteiger partial charge in [-0.2, -0.15) is 0 Å². The molecule has 3 aromatic rings. The molecule has 0 aromatic heterocycles. The van der Waals surface area contributed by atoms with Crippen molar-refractivity contribution in [3.8, 4) is 17.2 Å².